The maximum absolute atomic E-state index is 13.7. The molecular weight excluding hydrogens is 332 g/mol. The minimum absolute atomic E-state index is 0.439. The number of esters is 1. The molecule has 1 aromatic carbocycles. The molecule has 0 aliphatic carbocycles. The summed E-state index contributed by atoms with van der Waals surface area (Å²) in [6.45, 7) is 4.60. The van der Waals surface area contributed by atoms with Gasteiger partial charge in [-0.25, -0.2) is 9.18 Å². The van der Waals surface area contributed by atoms with E-state index < -0.39 is 39.2 Å². The van der Waals surface area contributed by atoms with Gasteiger partial charge >= 0.3 is 12.1 Å². The van der Waals surface area contributed by atoms with Crippen molar-refractivity contribution < 1.29 is 27.1 Å². The average molecular weight is 343 g/mol. The van der Waals surface area contributed by atoms with Gasteiger partial charge in [0, 0.05) is 0 Å². The molecule has 0 saturated heterocycles. The van der Waals surface area contributed by atoms with E-state index in [0.717, 1.165) is 0 Å². The van der Waals surface area contributed by atoms with Gasteiger partial charge in [0.2, 0.25) is 0 Å². The summed E-state index contributed by atoms with van der Waals surface area (Å²) in [5.74, 6) is -2.22. The Morgan fingerprint density at radius 3 is 2.16 bits per heavy atom. The number of benzene rings is 1. The maximum Gasteiger partial charge on any atom is 0.416 e. The molecule has 0 amide bonds. The fourth-order valence-corrected chi connectivity index (χ4v) is 1.69. The number of alkyl halides is 3. The minimum atomic E-state index is -4.67. The molecule has 0 fully saturated rings. The lowest BCUT2D eigenvalue weighted by molar-refractivity contribution is -0.137. The van der Waals surface area contributed by atoms with Crippen LogP contribution < -0.4 is 0 Å². The molecule has 0 saturated carbocycles. The van der Waals surface area contributed by atoms with Crippen LogP contribution in [0.5, 0.6) is 0 Å². The highest BCUT2D eigenvalue weighted by Crippen LogP contribution is 2.34. The van der Waals surface area contributed by atoms with E-state index in [1.54, 1.807) is 0 Å². The standard InChI is InChI=1S/C12H11BrF4O2/c1-11(2,3)19-10(18)7-4-6(12(15,16)17)5-8(13)9(7)14/h4-5H,1-3H3. The average Bonchev–Trinajstić information content (AvgIpc) is 2.17. The van der Waals surface area contributed by atoms with Crippen molar-refractivity contribution in [2.75, 3.05) is 0 Å². The molecule has 106 valence electrons. The molecule has 1 aromatic rings. The summed E-state index contributed by atoms with van der Waals surface area (Å²) in [5, 5.41) is 0. The molecule has 19 heavy (non-hydrogen) atoms. The molecule has 2 nitrogen and oxygen atoms in total. The van der Waals surface area contributed by atoms with E-state index in [-0.39, 0.29) is 0 Å². The molecule has 0 heterocycles. The van der Waals surface area contributed by atoms with Crippen LogP contribution in [0.15, 0.2) is 16.6 Å². The first-order valence-corrected chi connectivity index (χ1v) is 6.00. The van der Waals surface area contributed by atoms with Crippen LogP contribution >= 0.6 is 15.9 Å². The van der Waals surface area contributed by atoms with Gasteiger partial charge in [-0.15, -0.1) is 0 Å². The Kier molecular flexibility index (Phi) is 4.29. The van der Waals surface area contributed by atoms with Gasteiger partial charge in [-0.2, -0.15) is 13.2 Å². The first kappa shape index (κ1) is 15.9. The van der Waals surface area contributed by atoms with Crippen molar-refractivity contribution in [1.82, 2.24) is 0 Å². The van der Waals surface area contributed by atoms with Crippen LogP contribution in [-0.2, 0) is 10.9 Å². The lowest BCUT2D eigenvalue weighted by Crippen LogP contribution is -2.25. The van der Waals surface area contributed by atoms with Crippen molar-refractivity contribution in [3.63, 3.8) is 0 Å². The summed E-state index contributed by atoms with van der Waals surface area (Å²) in [4.78, 5) is 11.7. The zero-order chi connectivity index (χ0) is 15.0. The van der Waals surface area contributed by atoms with E-state index >= 15 is 0 Å². The number of halogens is 5. The Morgan fingerprint density at radius 2 is 1.74 bits per heavy atom. The molecule has 7 heteroatoms. The van der Waals surface area contributed by atoms with E-state index in [2.05, 4.69) is 15.9 Å². The first-order chi connectivity index (χ1) is 8.42. The molecule has 0 aliphatic heterocycles. The predicted octanol–water partition coefficient (Wildman–Crippen LogP) is 4.56. The third-order valence-electron chi connectivity index (χ3n) is 1.97. The molecule has 0 bridgehead atoms. The van der Waals surface area contributed by atoms with Gasteiger partial charge in [0.1, 0.15) is 5.60 Å². The van der Waals surface area contributed by atoms with Gasteiger partial charge in [0.25, 0.3) is 0 Å². The van der Waals surface area contributed by atoms with Crippen LogP contribution in [0.3, 0.4) is 0 Å². The highest BCUT2D eigenvalue weighted by Gasteiger charge is 2.34. The number of hydrogen-bond donors (Lipinski definition) is 0. The second kappa shape index (κ2) is 5.11. The van der Waals surface area contributed by atoms with Crippen LogP contribution in [0.2, 0.25) is 0 Å². The van der Waals surface area contributed by atoms with Crippen molar-refractivity contribution in [3.05, 3.63) is 33.5 Å². The Morgan fingerprint density at radius 1 is 1.21 bits per heavy atom. The normalized spacial score (nSPS) is 12.4. The van der Waals surface area contributed by atoms with Crippen molar-refractivity contribution in [1.29, 1.82) is 0 Å². The molecule has 1 rings (SSSR count). The molecule has 0 unspecified atom stereocenters. The minimum Gasteiger partial charge on any atom is -0.456 e. The Bertz CT molecular complexity index is 504. The van der Waals surface area contributed by atoms with E-state index in [4.69, 9.17) is 4.74 Å². The van der Waals surface area contributed by atoms with Crippen molar-refractivity contribution in [3.8, 4) is 0 Å². The fraction of sp³-hybridized carbons (Fsp3) is 0.417. The predicted molar refractivity (Wildman–Crippen MR) is 64.3 cm³/mol. The Hall–Kier alpha value is -1.11. The summed E-state index contributed by atoms with van der Waals surface area (Å²) < 4.78 is 55.9. The van der Waals surface area contributed by atoms with E-state index in [9.17, 15) is 22.4 Å². The van der Waals surface area contributed by atoms with Gasteiger partial charge in [-0.05, 0) is 48.8 Å². The first-order valence-electron chi connectivity index (χ1n) is 5.21. The van der Waals surface area contributed by atoms with Crippen molar-refractivity contribution in [2.45, 2.75) is 32.5 Å². The van der Waals surface area contributed by atoms with Gasteiger partial charge in [0.05, 0.1) is 15.6 Å². The molecule has 0 radical (unpaired) electrons. The van der Waals surface area contributed by atoms with Crippen LogP contribution in [0.25, 0.3) is 0 Å². The van der Waals surface area contributed by atoms with Crippen LogP contribution in [-0.4, -0.2) is 11.6 Å². The molecule has 0 spiro atoms. The lowest BCUT2D eigenvalue weighted by Gasteiger charge is -2.20. The largest absolute Gasteiger partial charge is 0.456 e. The van der Waals surface area contributed by atoms with E-state index in [1.807, 2.05) is 0 Å². The number of rotatable bonds is 1. The van der Waals surface area contributed by atoms with Gasteiger partial charge in [0.15, 0.2) is 5.82 Å². The highest BCUT2D eigenvalue weighted by molar-refractivity contribution is 9.10. The zero-order valence-electron chi connectivity index (χ0n) is 10.4. The molecule has 0 aliphatic rings. The second-order valence-electron chi connectivity index (χ2n) is 4.82. The molecule has 0 aromatic heterocycles. The summed E-state index contributed by atoms with van der Waals surface area (Å²) in [6.07, 6.45) is -4.67. The number of carbonyl (C=O) groups excluding carboxylic acids is 1. The number of carbonyl (C=O) groups is 1. The third-order valence-corrected chi connectivity index (χ3v) is 2.55. The monoisotopic (exact) mass is 342 g/mol. The fourth-order valence-electron chi connectivity index (χ4n) is 1.23. The molecular formula is C12H11BrF4O2. The number of ether oxygens (including phenoxy) is 1. The summed E-state index contributed by atoms with van der Waals surface area (Å²) in [6, 6.07) is 1.01. The summed E-state index contributed by atoms with van der Waals surface area (Å²) in [5.41, 5.74) is -2.80. The second-order valence-corrected chi connectivity index (χ2v) is 5.67. The summed E-state index contributed by atoms with van der Waals surface area (Å²) in [7, 11) is 0. The van der Waals surface area contributed by atoms with Gasteiger partial charge in [-0.1, -0.05) is 0 Å². The Balaban J connectivity index is 3.28. The van der Waals surface area contributed by atoms with Gasteiger partial charge in [-0.3, -0.25) is 0 Å². The van der Waals surface area contributed by atoms with Crippen LogP contribution in [0.4, 0.5) is 17.6 Å². The van der Waals surface area contributed by atoms with E-state index in [0.29, 0.717) is 12.1 Å². The SMILES string of the molecule is CC(C)(C)OC(=O)c1cc(C(F)(F)F)cc(Br)c1F. The Labute approximate surface area is 115 Å². The van der Waals surface area contributed by atoms with Crippen LogP contribution in [0.1, 0.15) is 36.7 Å². The third kappa shape index (κ3) is 4.19. The lowest BCUT2D eigenvalue weighted by atomic mass is 10.1. The molecule has 0 atom stereocenters. The van der Waals surface area contributed by atoms with Crippen molar-refractivity contribution in [2.24, 2.45) is 0 Å². The zero-order valence-corrected chi connectivity index (χ0v) is 11.9. The summed E-state index contributed by atoms with van der Waals surface area (Å²) >= 11 is 2.65. The van der Waals surface area contributed by atoms with E-state index in [1.165, 1.54) is 20.8 Å². The maximum atomic E-state index is 13.7. The quantitative estimate of drug-likeness (QED) is 0.552. The van der Waals surface area contributed by atoms with Gasteiger partial charge < -0.3 is 4.74 Å². The number of hydrogen-bond acceptors (Lipinski definition) is 2. The van der Waals surface area contributed by atoms with Crippen LogP contribution in [0, 0.1) is 5.82 Å². The topological polar surface area (TPSA) is 26.3 Å². The smallest absolute Gasteiger partial charge is 0.416 e. The van der Waals surface area contributed by atoms with Crippen molar-refractivity contribution >= 4 is 21.9 Å². The highest BCUT2D eigenvalue weighted by atomic mass is 79.9. The molecule has 0 N–H and O–H groups in total.